The fourth-order valence-electron chi connectivity index (χ4n) is 1.83. The standard InChI is InChI=1S/C15H15F3N4O2.C4H11N/c1-9-5-12(21-8-20-9)14(23)19-6-11-3-4-13(22-10(11)2)24-7-15(16,17)18;1-4(2,3)5/h3-5,8H,6-7H2,1-2H3,(H,19,23);5H2,1-3H3/p+1. The molecule has 0 saturated heterocycles. The Morgan fingerprint density at radius 1 is 1.17 bits per heavy atom. The Labute approximate surface area is 167 Å². The third kappa shape index (κ3) is 11.0. The van der Waals surface area contributed by atoms with Crippen LogP contribution < -0.4 is 15.8 Å². The lowest BCUT2D eigenvalue weighted by Gasteiger charge is -2.11. The Hall–Kier alpha value is -2.75. The quantitative estimate of drug-likeness (QED) is 0.782. The van der Waals surface area contributed by atoms with E-state index < -0.39 is 12.8 Å². The molecule has 0 radical (unpaired) electrons. The number of aryl methyl sites for hydroxylation is 2. The molecule has 0 aliphatic heterocycles. The Morgan fingerprint density at radius 2 is 1.79 bits per heavy atom. The summed E-state index contributed by atoms with van der Waals surface area (Å²) in [4.78, 5) is 23.7. The molecular formula is C19H27F3N5O2+. The zero-order valence-corrected chi connectivity index (χ0v) is 17.2. The van der Waals surface area contributed by atoms with Gasteiger partial charge in [0.2, 0.25) is 5.88 Å². The van der Waals surface area contributed by atoms with Crippen molar-refractivity contribution in [2.45, 2.75) is 52.9 Å². The first-order chi connectivity index (χ1) is 13.2. The van der Waals surface area contributed by atoms with E-state index in [0.717, 1.165) is 0 Å². The largest absolute Gasteiger partial charge is 0.468 e. The first-order valence-corrected chi connectivity index (χ1v) is 8.83. The van der Waals surface area contributed by atoms with Crippen LogP contribution in [0.4, 0.5) is 13.2 Å². The predicted molar refractivity (Wildman–Crippen MR) is 101 cm³/mol. The lowest BCUT2D eigenvalue weighted by Crippen LogP contribution is -2.67. The van der Waals surface area contributed by atoms with Crippen molar-refractivity contribution in [3.63, 3.8) is 0 Å². The fraction of sp³-hybridized carbons (Fsp3) is 0.474. The number of pyridine rings is 1. The molecule has 0 spiro atoms. The van der Waals surface area contributed by atoms with E-state index in [1.165, 1.54) is 12.4 Å². The van der Waals surface area contributed by atoms with Gasteiger partial charge in [-0.3, -0.25) is 4.79 Å². The molecule has 2 aromatic heterocycles. The number of nitrogens with zero attached hydrogens (tertiary/aromatic N) is 3. The molecule has 7 nitrogen and oxygen atoms in total. The Kier molecular flexibility index (Phi) is 8.50. The van der Waals surface area contributed by atoms with Crippen LogP contribution in [0.15, 0.2) is 24.5 Å². The summed E-state index contributed by atoms with van der Waals surface area (Å²) in [7, 11) is 0. The lowest BCUT2D eigenvalue weighted by molar-refractivity contribution is -0.458. The van der Waals surface area contributed by atoms with Crippen molar-refractivity contribution < 1.29 is 28.4 Å². The zero-order chi connectivity index (χ0) is 22.2. The summed E-state index contributed by atoms with van der Waals surface area (Å²) < 4.78 is 40.9. The van der Waals surface area contributed by atoms with E-state index in [4.69, 9.17) is 0 Å². The van der Waals surface area contributed by atoms with E-state index >= 15 is 0 Å². The number of carbonyl (C=O) groups excluding carboxylic acids is 1. The molecule has 0 saturated carbocycles. The molecule has 0 atom stereocenters. The molecule has 2 aromatic rings. The van der Waals surface area contributed by atoms with Gasteiger partial charge in [-0.1, -0.05) is 6.07 Å². The van der Waals surface area contributed by atoms with Crippen molar-refractivity contribution in [3.05, 3.63) is 47.2 Å². The molecular weight excluding hydrogens is 387 g/mol. The molecule has 0 aliphatic rings. The molecule has 0 bridgehead atoms. The summed E-state index contributed by atoms with van der Waals surface area (Å²) in [5, 5.41) is 2.67. The van der Waals surface area contributed by atoms with Crippen LogP contribution in [-0.4, -0.2) is 39.2 Å². The number of carbonyl (C=O) groups is 1. The summed E-state index contributed by atoms with van der Waals surface area (Å²) in [6.07, 6.45) is -3.12. The summed E-state index contributed by atoms with van der Waals surface area (Å²) in [6, 6.07) is 4.43. The predicted octanol–water partition coefficient (Wildman–Crippen LogP) is 2.39. The Morgan fingerprint density at radius 3 is 2.31 bits per heavy atom. The topological polar surface area (TPSA) is 105 Å². The minimum absolute atomic E-state index is 0.119. The van der Waals surface area contributed by atoms with Crippen LogP contribution in [0.3, 0.4) is 0 Å². The van der Waals surface area contributed by atoms with E-state index in [9.17, 15) is 18.0 Å². The van der Waals surface area contributed by atoms with Gasteiger partial charge in [0.15, 0.2) is 6.61 Å². The number of halogens is 3. The first kappa shape index (κ1) is 24.3. The monoisotopic (exact) mass is 414 g/mol. The van der Waals surface area contributed by atoms with Crippen molar-refractivity contribution in [2.24, 2.45) is 0 Å². The van der Waals surface area contributed by atoms with Gasteiger partial charge in [0, 0.05) is 24.0 Å². The molecule has 4 N–H and O–H groups in total. The first-order valence-electron chi connectivity index (χ1n) is 8.83. The van der Waals surface area contributed by atoms with Gasteiger partial charge in [0.25, 0.3) is 5.91 Å². The average molecular weight is 414 g/mol. The molecule has 1 amide bonds. The summed E-state index contributed by atoms with van der Waals surface area (Å²) in [5.41, 5.74) is 6.05. The number of aromatic nitrogens is 3. The number of rotatable bonds is 5. The number of nitrogens with one attached hydrogen (secondary N) is 1. The van der Waals surface area contributed by atoms with Gasteiger partial charge in [-0.05, 0) is 46.2 Å². The number of amides is 1. The maximum absolute atomic E-state index is 12.1. The van der Waals surface area contributed by atoms with Gasteiger partial charge < -0.3 is 15.8 Å². The van der Waals surface area contributed by atoms with E-state index in [2.05, 4.69) is 51.5 Å². The van der Waals surface area contributed by atoms with E-state index in [1.807, 2.05) is 0 Å². The van der Waals surface area contributed by atoms with Crippen LogP contribution in [-0.2, 0) is 6.54 Å². The molecule has 2 rings (SSSR count). The Bertz CT molecular complexity index is 814. The fourth-order valence-corrected chi connectivity index (χ4v) is 1.83. The second-order valence-corrected chi connectivity index (χ2v) is 7.59. The van der Waals surface area contributed by atoms with Crippen molar-refractivity contribution in [1.82, 2.24) is 20.3 Å². The summed E-state index contributed by atoms with van der Waals surface area (Å²) >= 11 is 0. The van der Waals surface area contributed by atoms with Gasteiger partial charge in [-0.25, -0.2) is 15.0 Å². The van der Waals surface area contributed by atoms with Crippen LogP contribution >= 0.6 is 0 Å². The third-order valence-corrected chi connectivity index (χ3v) is 3.03. The maximum atomic E-state index is 12.1. The number of ether oxygens (including phenoxy) is 1. The van der Waals surface area contributed by atoms with Crippen molar-refractivity contribution in [3.8, 4) is 5.88 Å². The second-order valence-electron chi connectivity index (χ2n) is 7.59. The number of hydrogen-bond donors (Lipinski definition) is 2. The summed E-state index contributed by atoms with van der Waals surface area (Å²) in [5.74, 6) is -0.497. The zero-order valence-electron chi connectivity index (χ0n) is 17.2. The van der Waals surface area contributed by atoms with Crippen LogP contribution in [0.5, 0.6) is 5.88 Å². The molecule has 29 heavy (non-hydrogen) atoms. The van der Waals surface area contributed by atoms with E-state index in [1.54, 1.807) is 26.0 Å². The highest BCUT2D eigenvalue weighted by Crippen LogP contribution is 2.18. The molecule has 0 aliphatic carbocycles. The van der Waals surface area contributed by atoms with Crippen LogP contribution in [0.1, 0.15) is 48.2 Å². The highest BCUT2D eigenvalue weighted by atomic mass is 19.4. The smallest absolute Gasteiger partial charge is 0.422 e. The maximum Gasteiger partial charge on any atom is 0.422 e. The third-order valence-electron chi connectivity index (χ3n) is 3.03. The van der Waals surface area contributed by atoms with Crippen LogP contribution in [0.2, 0.25) is 0 Å². The van der Waals surface area contributed by atoms with E-state index in [0.29, 0.717) is 17.0 Å². The number of quaternary nitrogens is 1. The molecule has 0 fully saturated rings. The van der Waals surface area contributed by atoms with E-state index in [-0.39, 0.29) is 29.6 Å². The second kappa shape index (κ2) is 10.1. The van der Waals surface area contributed by atoms with Gasteiger partial charge >= 0.3 is 6.18 Å². The van der Waals surface area contributed by atoms with Gasteiger partial charge in [0.05, 0.1) is 5.54 Å². The Balaban J connectivity index is 0.000000749. The molecule has 160 valence electrons. The van der Waals surface area contributed by atoms with Gasteiger partial charge in [-0.15, -0.1) is 0 Å². The van der Waals surface area contributed by atoms with Crippen molar-refractivity contribution in [1.29, 1.82) is 0 Å². The lowest BCUT2D eigenvalue weighted by atomic mass is 10.1. The normalized spacial score (nSPS) is 11.3. The molecule has 0 aromatic carbocycles. The van der Waals surface area contributed by atoms with Gasteiger partial charge in [-0.2, -0.15) is 13.2 Å². The molecule has 2 heterocycles. The molecule has 0 unspecified atom stereocenters. The number of hydrogen-bond acceptors (Lipinski definition) is 5. The minimum atomic E-state index is -4.42. The average Bonchev–Trinajstić information content (AvgIpc) is 2.57. The van der Waals surface area contributed by atoms with Crippen molar-refractivity contribution in [2.75, 3.05) is 6.61 Å². The number of alkyl halides is 3. The highest BCUT2D eigenvalue weighted by Gasteiger charge is 2.28. The van der Waals surface area contributed by atoms with Crippen LogP contribution in [0, 0.1) is 13.8 Å². The van der Waals surface area contributed by atoms with Crippen molar-refractivity contribution >= 4 is 5.91 Å². The SMILES string of the molecule is CC(C)(C)[NH3+].Cc1cc(C(=O)NCc2ccc(OCC(F)(F)F)nc2C)ncn1. The van der Waals surface area contributed by atoms with Gasteiger partial charge in [0.1, 0.15) is 12.0 Å². The minimum Gasteiger partial charge on any atom is -0.468 e. The highest BCUT2D eigenvalue weighted by molar-refractivity contribution is 5.92. The van der Waals surface area contributed by atoms with Crippen LogP contribution in [0.25, 0.3) is 0 Å². The summed E-state index contributed by atoms with van der Waals surface area (Å²) in [6.45, 7) is 8.36. The molecule has 10 heteroatoms.